The molecular weight excluding hydrogens is 358 g/mol. The molecule has 1 aliphatic rings. The second-order valence-electron chi connectivity index (χ2n) is 6.89. The summed E-state index contributed by atoms with van der Waals surface area (Å²) in [6.07, 6.45) is 5.21. The van der Waals surface area contributed by atoms with E-state index in [0.29, 0.717) is 30.2 Å². The van der Waals surface area contributed by atoms with Gasteiger partial charge in [0.25, 0.3) is 5.91 Å². The van der Waals surface area contributed by atoms with Gasteiger partial charge in [0.05, 0.1) is 25.5 Å². The second-order valence-corrected chi connectivity index (χ2v) is 6.89. The quantitative estimate of drug-likeness (QED) is 0.690. The predicted molar refractivity (Wildman–Crippen MR) is 104 cm³/mol. The lowest BCUT2D eigenvalue weighted by atomic mass is 9.93. The van der Waals surface area contributed by atoms with Crippen LogP contribution in [0.25, 0.3) is 11.2 Å². The van der Waals surface area contributed by atoms with Crippen molar-refractivity contribution >= 4 is 17.1 Å². The average molecular weight is 381 g/mol. The zero-order chi connectivity index (χ0) is 19.7. The molecule has 3 aromatic rings. The van der Waals surface area contributed by atoms with E-state index in [1.54, 1.807) is 49.5 Å². The number of piperidine rings is 1. The van der Waals surface area contributed by atoms with E-state index in [9.17, 15) is 4.79 Å². The summed E-state index contributed by atoms with van der Waals surface area (Å²) in [7, 11) is 5.02. The number of fused-ring (bicyclic) bond motifs is 1. The maximum Gasteiger partial charge on any atom is 0.257 e. The molecule has 146 valence electrons. The van der Waals surface area contributed by atoms with Gasteiger partial charge in [0, 0.05) is 38.4 Å². The van der Waals surface area contributed by atoms with Gasteiger partial charge in [0.1, 0.15) is 17.0 Å². The third-order valence-corrected chi connectivity index (χ3v) is 5.22. The van der Waals surface area contributed by atoms with Gasteiger partial charge in [0.2, 0.25) is 0 Å². The van der Waals surface area contributed by atoms with Crippen LogP contribution in [0.1, 0.15) is 34.8 Å². The van der Waals surface area contributed by atoms with Crippen LogP contribution in [0.4, 0.5) is 0 Å². The van der Waals surface area contributed by atoms with Crippen LogP contribution < -0.4 is 9.47 Å². The Balaban J connectivity index is 1.63. The van der Waals surface area contributed by atoms with Crippen LogP contribution in [0, 0.1) is 0 Å². The third-order valence-electron chi connectivity index (χ3n) is 5.22. The molecule has 4 rings (SSSR count). The van der Waals surface area contributed by atoms with Crippen molar-refractivity contribution in [2.45, 2.75) is 18.8 Å². The molecule has 1 fully saturated rings. The van der Waals surface area contributed by atoms with E-state index in [1.807, 2.05) is 11.9 Å². The summed E-state index contributed by atoms with van der Waals surface area (Å²) in [4.78, 5) is 23.9. The number of carbonyl (C=O) groups is 1. The number of hydrogen-bond donors (Lipinski definition) is 0. The Bertz CT molecular complexity index is 1020. The van der Waals surface area contributed by atoms with Crippen LogP contribution in [-0.2, 0) is 7.05 Å². The molecule has 1 amide bonds. The van der Waals surface area contributed by atoms with Gasteiger partial charge >= 0.3 is 0 Å². The molecule has 0 radical (unpaired) electrons. The highest BCUT2D eigenvalue weighted by atomic mass is 16.5. The summed E-state index contributed by atoms with van der Waals surface area (Å²) in [5.74, 6) is 1.23. The number of rotatable bonds is 4. The molecule has 3 heterocycles. The summed E-state index contributed by atoms with van der Waals surface area (Å²) in [6, 6.07) is 5.27. The number of amides is 1. The van der Waals surface area contributed by atoms with Crippen molar-refractivity contribution in [2.24, 2.45) is 7.05 Å². The van der Waals surface area contributed by atoms with Crippen molar-refractivity contribution in [1.82, 2.24) is 24.6 Å². The molecule has 1 aliphatic heterocycles. The average Bonchev–Trinajstić information content (AvgIpc) is 3.09. The molecule has 8 nitrogen and oxygen atoms in total. The van der Waals surface area contributed by atoms with Crippen molar-refractivity contribution < 1.29 is 14.3 Å². The maximum atomic E-state index is 13.2. The SMILES string of the molecule is COc1ccc(OC)c(C(=O)N2CCC[C@H](c3nn(C)c4nccnc34)C2)c1. The summed E-state index contributed by atoms with van der Waals surface area (Å²) in [5.41, 5.74) is 2.98. The molecule has 1 atom stereocenters. The lowest BCUT2D eigenvalue weighted by Crippen LogP contribution is -2.39. The molecule has 0 bridgehead atoms. The van der Waals surface area contributed by atoms with E-state index in [4.69, 9.17) is 9.47 Å². The fourth-order valence-corrected chi connectivity index (χ4v) is 3.82. The molecule has 0 unspecified atom stereocenters. The van der Waals surface area contributed by atoms with Gasteiger partial charge in [-0.2, -0.15) is 5.10 Å². The van der Waals surface area contributed by atoms with Crippen LogP contribution in [0.3, 0.4) is 0 Å². The molecule has 0 aliphatic carbocycles. The zero-order valence-electron chi connectivity index (χ0n) is 16.3. The lowest BCUT2D eigenvalue weighted by Gasteiger charge is -2.32. The van der Waals surface area contributed by atoms with Crippen molar-refractivity contribution in [1.29, 1.82) is 0 Å². The van der Waals surface area contributed by atoms with Crippen LogP contribution >= 0.6 is 0 Å². The maximum absolute atomic E-state index is 13.2. The van der Waals surface area contributed by atoms with Gasteiger partial charge in [-0.15, -0.1) is 0 Å². The number of aromatic nitrogens is 4. The highest BCUT2D eigenvalue weighted by molar-refractivity contribution is 5.97. The van der Waals surface area contributed by atoms with Crippen molar-refractivity contribution in [3.63, 3.8) is 0 Å². The first-order chi connectivity index (χ1) is 13.6. The van der Waals surface area contributed by atoms with Gasteiger partial charge in [-0.1, -0.05) is 0 Å². The molecule has 8 heteroatoms. The van der Waals surface area contributed by atoms with E-state index in [1.165, 1.54) is 0 Å². The van der Waals surface area contributed by atoms with Gasteiger partial charge in [0.15, 0.2) is 5.65 Å². The molecular formula is C20H23N5O3. The highest BCUT2D eigenvalue weighted by Crippen LogP contribution is 2.32. The number of nitrogens with zero attached hydrogens (tertiary/aromatic N) is 5. The Kier molecular flexibility index (Phi) is 4.85. The van der Waals surface area contributed by atoms with E-state index >= 15 is 0 Å². The van der Waals surface area contributed by atoms with Crippen molar-refractivity contribution in [2.75, 3.05) is 27.3 Å². The first kappa shape index (κ1) is 18.2. The Morgan fingerprint density at radius 2 is 2.00 bits per heavy atom. The largest absolute Gasteiger partial charge is 0.497 e. The summed E-state index contributed by atoms with van der Waals surface area (Å²) in [5, 5.41) is 4.65. The van der Waals surface area contributed by atoms with Gasteiger partial charge in [-0.3, -0.25) is 4.79 Å². The van der Waals surface area contributed by atoms with Crippen LogP contribution in [0.15, 0.2) is 30.6 Å². The fourth-order valence-electron chi connectivity index (χ4n) is 3.82. The standard InChI is InChI=1S/C20H23N5O3/c1-24-19-18(21-8-9-22-19)17(23-24)13-5-4-10-25(12-13)20(26)15-11-14(27-2)6-7-16(15)28-3/h6-9,11,13H,4-5,10,12H2,1-3H3/t13-/m0/s1. The van der Waals surface area contributed by atoms with E-state index in [-0.39, 0.29) is 11.8 Å². The highest BCUT2D eigenvalue weighted by Gasteiger charge is 2.30. The van der Waals surface area contributed by atoms with Gasteiger partial charge in [-0.25, -0.2) is 14.6 Å². The van der Waals surface area contributed by atoms with Crippen LogP contribution in [0.2, 0.25) is 0 Å². The molecule has 0 saturated carbocycles. The molecule has 0 N–H and O–H groups in total. The minimum atomic E-state index is -0.0632. The summed E-state index contributed by atoms with van der Waals surface area (Å²) < 4.78 is 12.4. The molecule has 2 aromatic heterocycles. The Hall–Kier alpha value is -3.16. The number of hydrogen-bond acceptors (Lipinski definition) is 6. The number of ether oxygens (including phenoxy) is 2. The normalized spacial score (nSPS) is 17.0. The Labute approximate surface area is 163 Å². The lowest BCUT2D eigenvalue weighted by molar-refractivity contribution is 0.0702. The Morgan fingerprint density at radius 1 is 1.18 bits per heavy atom. The smallest absolute Gasteiger partial charge is 0.257 e. The van der Waals surface area contributed by atoms with Crippen LogP contribution in [0.5, 0.6) is 11.5 Å². The minimum absolute atomic E-state index is 0.0632. The van der Waals surface area contributed by atoms with Gasteiger partial charge in [-0.05, 0) is 31.0 Å². The molecule has 28 heavy (non-hydrogen) atoms. The number of methoxy groups -OCH3 is 2. The van der Waals surface area contributed by atoms with E-state index < -0.39 is 0 Å². The molecule has 1 aromatic carbocycles. The second kappa shape index (κ2) is 7.46. The fraction of sp³-hybridized carbons (Fsp3) is 0.400. The Morgan fingerprint density at radius 3 is 2.79 bits per heavy atom. The summed E-state index contributed by atoms with van der Waals surface area (Å²) >= 11 is 0. The van der Waals surface area contributed by atoms with Gasteiger partial charge < -0.3 is 14.4 Å². The number of aryl methyl sites for hydroxylation is 1. The number of likely N-dealkylation sites (tertiary alicyclic amines) is 1. The van der Waals surface area contributed by atoms with Crippen molar-refractivity contribution in [3.05, 3.63) is 41.9 Å². The summed E-state index contributed by atoms with van der Waals surface area (Å²) in [6.45, 7) is 1.29. The predicted octanol–water partition coefficient (Wildman–Crippen LogP) is 2.40. The third kappa shape index (κ3) is 3.15. The minimum Gasteiger partial charge on any atom is -0.497 e. The zero-order valence-corrected chi connectivity index (χ0v) is 16.3. The topological polar surface area (TPSA) is 82.4 Å². The van der Waals surface area contributed by atoms with Crippen molar-refractivity contribution in [3.8, 4) is 11.5 Å². The molecule has 1 saturated heterocycles. The first-order valence-corrected chi connectivity index (χ1v) is 9.27. The van der Waals surface area contributed by atoms with Crippen LogP contribution in [-0.4, -0.2) is 57.9 Å². The number of carbonyl (C=O) groups excluding carboxylic acids is 1. The van der Waals surface area contributed by atoms with E-state index in [2.05, 4.69) is 15.1 Å². The molecule has 0 spiro atoms. The first-order valence-electron chi connectivity index (χ1n) is 9.27. The number of benzene rings is 1. The van der Waals surface area contributed by atoms with E-state index in [0.717, 1.165) is 29.7 Å². The monoisotopic (exact) mass is 381 g/mol.